The van der Waals surface area contributed by atoms with Crippen molar-refractivity contribution >= 4 is 15.9 Å². The van der Waals surface area contributed by atoms with Crippen LogP contribution in [0.1, 0.15) is 34.6 Å². The van der Waals surface area contributed by atoms with Crippen molar-refractivity contribution in [1.29, 1.82) is 0 Å². The molecule has 0 radical (unpaired) electrons. The molecule has 1 heterocycles. The zero-order chi connectivity index (χ0) is 19.3. The second kappa shape index (κ2) is 8.20. The predicted octanol–water partition coefficient (Wildman–Crippen LogP) is 3.25. The number of hydrogen-bond acceptors (Lipinski definition) is 4. The van der Waals surface area contributed by atoms with Crippen molar-refractivity contribution < 1.29 is 17.6 Å². The summed E-state index contributed by atoms with van der Waals surface area (Å²) < 4.78 is 33.2. The van der Waals surface area contributed by atoms with E-state index in [2.05, 4.69) is 10.0 Å². The van der Waals surface area contributed by atoms with Gasteiger partial charge in [0.05, 0.1) is 17.7 Å². The average molecular weight is 384 g/mol. The third kappa shape index (κ3) is 4.84. The first-order chi connectivity index (χ1) is 13.0. The fourth-order valence-corrected chi connectivity index (χ4v) is 3.88. The predicted molar refractivity (Wildman–Crippen MR) is 101 cm³/mol. The van der Waals surface area contributed by atoms with E-state index in [4.69, 9.17) is 4.42 Å². The van der Waals surface area contributed by atoms with Crippen LogP contribution in [0.2, 0.25) is 0 Å². The van der Waals surface area contributed by atoms with E-state index in [-0.39, 0.29) is 22.9 Å². The second-order valence-corrected chi connectivity index (χ2v) is 7.76. The molecule has 1 atom stereocenters. The van der Waals surface area contributed by atoms with Gasteiger partial charge in [-0.3, -0.25) is 4.79 Å². The number of furan rings is 1. The van der Waals surface area contributed by atoms with Gasteiger partial charge in [0.1, 0.15) is 5.76 Å². The van der Waals surface area contributed by atoms with Gasteiger partial charge < -0.3 is 9.73 Å². The minimum atomic E-state index is -3.77. The molecule has 0 aliphatic heterocycles. The Kier molecular flexibility index (Phi) is 5.73. The summed E-state index contributed by atoms with van der Waals surface area (Å²) in [5.74, 6) is 0.241. The lowest BCUT2D eigenvalue weighted by molar-refractivity contribution is 0.0948. The second-order valence-electron chi connectivity index (χ2n) is 6.04. The van der Waals surface area contributed by atoms with E-state index in [0.717, 1.165) is 5.56 Å². The lowest BCUT2D eigenvalue weighted by Gasteiger charge is -2.15. The molecule has 140 valence electrons. The Morgan fingerprint density at radius 3 is 2.52 bits per heavy atom. The van der Waals surface area contributed by atoms with E-state index in [1.54, 1.807) is 31.2 Å². The summed E-state index contributed by atoms with van der Waals surface area (Å²) in [7, 11) is -3.77. The van der Waals surface area contributed by atoms with Crippen molar-refractivity contribution in [2.24, 2.45) is 0 Å². The smallest absolute Gasteiger partial charge is 0.251 e. The molecule has 1 aromatic heterocycles. The number of hydrogen-bond donors (Lipinski definition) is 2. The number of nitrogens with one attached hydrogen (secondary N) is 2. The van der Waals surface area contributed by atoms with Crippen LogP contribution >= 0.6 is 0 Å². The van der Waals surface area contributed by atoms with Gasteiger partial charge in [-0.15, -0.1) is 0 Å². The zero-order valence-electron chi connectivity index (χ0n) is 14.8. The first-order valence-electron chi connectivity index (χ1n) is 8.43. The zero-order valence-corrected chi connectivity index (χ0v) is 15.6. The fraction of sp³-hybridized carbons (Fsp3) is 0.150. The van der Waals surface area contributed by atoms with Gasteiger partial charge in [-0.05, 0) is 42.8 Å². The Hall–Kier alpha value is -2.90. The maximum Gasteiger partial charge on any atom is 0.251 e. The fourth-order valence-electron chi connectivity index (χ4n) is 2.60. The molecule has 0 fully saturated rings. The van der Waals surface area contributed by atoms with Gasteiger partial charge in [0.15, 0.2) is 0 Å². The topological polar surface area (TPSA) is 88.4 Å². The van der Waals surface area contributed by atoms with Crippen molar-refractivity contribution in [3.05, 3.63) is 89.9 Å². The summed E-state index contributed by atoms with van der Waals surface area (Å²) in [6, 6.07) is 18.3. The van der Waals surface area contributed by atoms with Gasteiger partial charge in [-0.2, -0.15) is 0 Å². The average Bonchev–Trinajstić information content (AvgIpc) is 3.20. The van der Waals surface area contributed by atoms with Gasteiger partial charge in [0.2, 0.25) is 10.0 Å². The number of carbonyl (C=O) groups excluding carboxylic acids is 1. The molecule has 1 amide bonds. The van der Waals surface area contributed by atoms with Gasteiger partial charge in [-0.1, -0.05) is 36.4 Å². The van der Waals surface area contributed by atoms with Crippen molar-refractivity contribution in [3.8, 4) is 0 Å². The number of sulfonamides is 1. The summed E-state index contributed by atoms with van der Waals surface area (Å²) in [5.41, 5.74) is 1.12. The highest BCUT2D eigenvalue weighted by molar-refractivity contribution is 7.89. The van der Waals surface area contributed by atoms with Crippen LogP contribution in [-0.4, -0.2) is 14.3 Å². The van der Waals surface area contributed by atoms with Crippen LogP contribution < -0.4 is 10.0 Å². The summed E-state index contributed by atoms with van der Waals surface area (Å²) in [6.07, 6.45) is 1.52. The Bertz CT molecular complexity index is 999. The summed E-state index contributed by atoms with van der Waals surface area (Å²) in [5, 5.41) is 2.70. The molecular formula is C20H20N2O4S. The molecule has 0 saturated carbocycles. The number of benzene rings is 2. The van der Waals surface area contributed by atoms with E-state index in [9.17, 15) is 13.2 Å². The standard InChI is InChI=1S/C20H20N2O4S/c1-15(16-7-3-2-4-8-16)22-27(24,25)19-11-5-9-17(13-19)20(23)21-14-18-10-6-12-26-18/h2-13,15,22H,14H2,1H3,(H,21,23). The molecule has 0 saturated heterocycles. The molecular weight excluding hydrogens is 364 g/mol. The molecule has 0 spiro atoms. The van der Waals surface area contributed by atoms with Crippen LogP contribution in [0.4, 0.5) is 0 Å². The van der Waals surface area contributed by atoms with Gasteiger partial charge in [0, 0.05) is 11.6 Å². The molecule has 6 nitrogen and oxygen atoms in total. The lowest BCUT2D eigenvalue weighted by Crippen LogP contribution is -2.27. The van der Waals surface area contributed by atoms with Crippen molar-refractivity contribution in [2.45, 2.75) is 24.4 Å². The summed E-state index contributed by atoms with van der Waals surface area (Å²) in [6.45, 7) is 2.00. The molecule has 1 unspecified atom stereocenters. The first-order valence-corrected chi connectivity index (χ1v) is 9.92. The lowest BCUT2D eigenvalue weighted by atomic mass is 10.1. The van der Waals surface area contributed by atoms with Crippen molar-refractivity contribution in [2.75, 3.05) is 0 Å². The van der Waals surface area contributed by atoms with Crippen molar-refractivity contribution in [1.82, 2.24) is 10.0 Å². The highest BCUT2D eigenvalue weighted by Gasteiger charge is 2.19. The molecule has 3 rings (SSSR count). The molecule has 2 N–H and O–H groups in total. The molecule has 0 bridgehead atoms. The SMILES string of the molecule is CC(NS(=O)(=O)c1cccc(C(=O)NCc2ccco2)c1)c1ccccc1. The molecule has 0 aliphatic carbocycles. The third-order valence-corrected chi connectivity index (χ3v) is 5.58. The monoisotopic (exact) mass is 384 g/mol. The molecule has 3 aromatic rings. The number of carbonyl (C=O) groups is 1. The van der Waals surface area contributed by atoms with Gasteiger partial charge in [-0.25, -0.2) is 13.1 Å². The number of amides is 1. The summed E-state index contributed by atoms with van der Waals surface area (Å²) >= 11 is 0. The molecule has 27 heavy (non-hydrogen) atoms. The molecule has 0 aliphatic rings. The van der Waals surface area contributed by atoms with Gasteiger partial charge in [0.25, 0.3) is 5.91 Å². The van der Waals surface area contributed by atoms with Crippen LogP contribution in [0.15, 0.2) is 82.3 Å². The Morgan fingerprint density at radius 2 is 1.81 bits per heavy atom. The highest BCUT2D eigenvalue weighted by Crippen LogP contribution is 2.17. The number of rotatable bonds is 7. The van der Waals surface area contributed by atoms with Crippen LogP contribution in [0.25, 0.3) is 0 Å². The first kappa shape index (κ1) is 18.9. The Morgan fingerprint density at radius 1 is 1.04 bits per heavy atom. The van der Waals surface area contributed by atoms with E-state index in [1.165, 1.54) is 18.4 Å². The molecule has 2 aromatic carbocycles. The molecule has 7 heteroatoms. The Labute approximate surface area is 158 Å². The van der Waals surface area contributed by atoms with E-state index in [1.807, 2.05) is 30.3 Å². The normalized spacial score (nSPS) is 12.5. The van der Waals surface area contributed by atoms with E-state index >= 15 is 0 Å². The van der Waals surface area contributed by atoms with Crippen LogP contribution in [0.3, 0.4) is 0 Å². The third-order valence-electron chi connectivity index (χ3n) is 4.04. The maximum absolute atomic E-state index is 12.7. The minimum absolute atomic E-state index is 0.0379. The van der Waals surface area contributed by atoms with Crippen LogP contribution in [0.5, 0.6) is 0 Å². The van der Waals surface area contributed by atoms with Crippen LogP contribution in [-0.2, 0) is 16.6 Å². The van der Waals surface area contributed by atoms with Gasteiger partial charge >= 0.3 is 0 Å². The van der Waals surface area contributed by atoms with Crippen molar-refractivity contribution in [3.63, 3.8) is 0 Å². The quantitative estimate of drug-likeness (QED) is 0.654. The van der Waals surface area contributed by atoms with E-state index in [0.29, 0.717) is 5.76 Å². The largest absolute Gasteiger partial charge is 0.467 e. The Balaban J connectivity index is 1.72. The minimum Gasteiger partial charge on any atom is -0.467 e. The highest BCUT2D eigenvalue weighted by atomic mass is 32.2. The van der Waals surface area contributed by atoms with E-state index < -0.39 is 16.1 Å². The van der Waals surface area contributed by atoms with Crippen LogP contribution in [0, 0.1) is 0 Å². The summed E-state index contributed by atoms with van der Waals surface area (Å²) in [4.78, 5) is 12.3. The maximum atomic E-state index is 12.7.